The van der Waals surface area contributed by atoms with Gasteiger partial charge in [0.2, 0.25) is 0 Å². The van der Waals surface area contributed by atoms with Crippen molar-refractivity contribution in [2.75, 3.05) is 11.9 Å². The molecule has 0 unspecified atom stereocenters. The topological polar surface area (TPSA) is 54.1 Å². The molecular weight excluding hydrogens is 379 g/mol. The molecule has 114 valence electrons. The molecule has 0 aliphatic heterocycles. The van der Waals surface area contributed by atoms with E-state index in [9.17, 15) is 4.79 Å². The molecule has 21 heavy (non-hydrogen) atoms. The Hall–Kier alpha value is -1.17. The van der Waals surface area contributed by atoms with Crippen LogP contribution in [-0.2, 0) is 11.3 Å². The number of anilines is 1. The third-order valence-corrected chi connectivity index (χ3v) is 3.68. The summed E-state index contributed by atoms with van der Waals surface area (Å²) < 4.78 is 5.90. The lowest BCUT2D eigenvalue weighted by Crippen LogP contribution is -2.09. The van der Waals surface area contributed by atoms with E-state index in [0.717, 1.165) is 10.0 Å². The second-order valence-electron chi connectivity index (χ2n) is 4.08. The van der Waals surface area contributed by atoms with Crippen LogP contribution in [0.3, 0.4) is 0 Å². The molecule has 0 atom stereocenters. The number of hydrogen-bond donors (Lipinski definition) is 2. The van der Waals surface area contributed by atoms with E-state index in [1.165, 1.54) is 0 Å². The van der Waals surface area contributed by atoms with Crippen molar-refractivity contribution in [2.45, 2.75) is 13.5 Å². The molecule has 0 radical (unpaired) electrons. The normalized spacial score (nSPS) is 9.86. The maximum Gasteiger partial charge on any atom is 0.356 e. The minimum Gasteiger partial charge on any atom is -0.461 e. The van der Waals surface area contributed by atoms with Gasteiger partial charge in [-0.1, -0.05) is 33.6 Å². The van der Waals surface area contributed by atoms with Gasteiger partial charge in [-0.05, 0) is 30.7 Å². The standard InChI is InChI=1S/C14H14BrClN2O2.ClH/c1-2-20-14(19)13-12(5-6-17-13)18-8-9-3-4-10(16)7-11(9)15;/h3-7,17-18H,2,8H2,1H3;1H. The molecule has 1 aromatic heterocycles. The number of aromatic amines is 1. The molecule has 0 aliphatic carbocycles. The first-order chi connectivity index (χ1) is 9.61. The molecule has 0 amide bonds. The van der Waals surface area contributed by atoms with Gasteiger partial charge in [0.05, 0.1) is 12.3 Å². The third kappa shape index (κ3) is 4.66. The molecule has 7 heteroatoms. The number of carbonyl (C=O) groups excluding carboxylic acids is 1. The number of ether oxygens (including phenoxy) is 1. The highest BCUT2D eigenvalue weighted by Crippen LogP contribution is 2.23. The van der Waals surface area contributed by atoms with Crippen LogP contribution in [0.4, 0.5) is 5.69 Å². The zero-order valence-corrected chi connectivity index (χ0v) is 14.4. The van der Waals surface area contributed by atoms with Crippen LogP contribution in [0.25, 0.3) is 0 Å². The van der Waals surface area contributed by atoms with Crippen molar-refractivity contribution in [3.05, 3.63) is 51.2 Å². The quantitative estimate of drug-likeness (QED) is 0.727. The number of hydrogen-bond acceptors (Lipinski definition) is 3. The second-order valence-corrected chi connectivity index (χ2v) is 5.37. The predicted molar refractivity (Wildman–Crippen MR) is 90.5 cm³/mol. The number of halogens is 3. The lowest BCUT2D eigenvalue weighted by Gasteiger charge is -2.09. The van der Waals surface area contributed by atoms with Gasteiger partial charge in [-0.25, -0.2) is 4.79 Å². The van der Waals surface area contributed by atoms with Gasteiger partial charge < -0.3 is 15.0 Å². The number of nitrogens with one attached hydrogen (secondary N) is 2. The Morgan fingerprint density at radius 1 is 1.43 bits per heavy atom. The molecule has 1 aromatic carbocycles. The highest BCUT2D eigenvalue weighted by atomic mass is 79.9. The molecule has 1 heterocycles. The van der Waals surface area contributed by atoms with Gasteiger partial charge in [0.1, 0.15) is 5.69 Å². The summed E-state index contributed by atoms with van der Waals surface area (Å²) in [6, 6.07) is 7.39. The van der Waals surface area contributed by atoms with Gasteiger partial charge in [-0.3, -0.25) is 0 Å². The monoisotopic (exact) mass is 392 g/mol. The zero-order valence-electron chi connectivity index (χ0n) is 11.3. The molecule has 0 fully saturated rings. The Kier molecular flexibility index (Phi) is 7.08. The van der Waals surface area contributed by atoms with E-state index in [0.29, 0.717) is 29.6 Å². The van der Waals surface area contributed by atoms with Crippen LogP contribution in [-0.4, -0.2) is 17.6 Å². The van der Waals surface area contributed by atoms with E-state index in [1.54, 1.807) is 19.2 Å². The molecule has 2 N–H and O–H groups in total. The highest BCUT2D eigenvalue weighted by molar-refractivity contribution is 9.10. The molecule has 0 spiro atoms. The van der Waals surface area contributed by atoms with E-state index in [4.69, 9.17) is 16.3 Å². The van der Waals surface area contributed by atoms with Crippen molar-refractivity contribution in [3.63, 3.8) is 0 Å². The maximum atomic E-state index is 11.7. The van der Waals surface area contributed by atoms with E-state index in [1.807, 2.05) is 18.2 Å². The largest absolute Gasteiger partial charge is 0.461 e. The summed E-state index contributed by atoms with van der Waals surface area (Å²) in [5, 5.41) is 3.88. The van der Waals surface area contributed by atoms with Crippen LogP contribution in [0.15, 0.2) is 34.9 Å². The Morgan fingerprint density at radius 2 is 2.19 bits per heavy atom. The average Bonchev–Trinajstić information content (AvgIpc) is 2.86. The van der Waals surface area contributed by atoms with Gasteiger partial charge in [0.15, 0.2) is 0 Å². The average molecular weight is 394 g/mol. The lowest BCUT2D eigenvalue weighted by atomic mass is 10.2. The van der Waals surface area contributed by atoms with E-state index in [-0.39, 0.29) is 18.4 Å². The molecule has 2 rings (SSSR count). The van der Waals surface area contributed by atoms with Crippen LogP contribution in [0.1, 0.15) is 23.0 Å². The first-order valence-electron chi connectivity index (χ1n) is 6.14. The molecule has 0 saturated carbocycles. The molecule has 0 bridgehead atoms. The summed E-state index contributed by atoms with van der Waals surface area (Å²) in [5.74, 6) is -0.366. The summed E-state index contributed by atoms with van der Waals surface area (Å²) in [4.78, 5) is 14.6. The van der Waals surface area contributed by atoms with Crippen molar-refractivity contribution in [3.8, 4) is 0 Å². The summed E-state index contributed by atoms with van der Waals surface area (Å²) in [7, 11) is 0. The van der Waals surface area contributed by atoms with Crippen LogP contribution >= 0.6 is 39.9 Å². The number of benzene rings is 1. The van der Waals surface area contributed by atoms with Gasteiger partial charge in [0.25, 0.3) is 0 Å². The van der Waals surface area contributed by atoms with Gasteiger partial charge in [0, 0.05) is 22.2 Å². The number of carbonyl (C=O) groups is 1. The molecular formula is C14H15BrCl2N2O2. The fourth-order valence-corrected chi connectivity index (χ4v) is 2.57. The van der Waals surface area contributed by atoms with E-state index in [2.05, 4.69) is 26.2 Å². The van der Waals surface area contributed by atoms with Crippen molar-refractivity contribution in [2.24, 2.45) is 0 Å². The summed E-state index contributed by atoms with van der Waals surface area (Å²) in [6.45, 7) is 2.70. The fourth-order valence-electron chi connectivity index (χ4n) is 1.74. The van der Waals surface area contributed by atoms with Crippen LogP contribution in [0.2, 0.25) is 5.02 Å². The van der Waals surface area contributed by atoms with Crippen molar-refractivity contribution >= 4 is 51.6 Å². The van der Waals surface area contributed by atoms with E-state index < -0.39 is 0 Å². The van der Waals surface area contributed by atoms with Crippen molar-refractivity contribution in [1.29, 1.82) is 0 Å². The zero-order chi connectivity index (χ0) is 14.5. The van der Waals surface area contributed by atoms with Gasteiger partial charge >= 0.3 is 5.97 Å². The SMILES string of the molecule is CCOC(=O)c1[nH]ccc1NCc1ccc(Cl)cc1Br.Cl. The predicted octanol–water partition coefficient (Wildman–Crippen LogP) is 4.64. The first kappa shape index (κ1) is 17.9. The molecule has 0 saturated heterocycles. The van der Waals surface area contributed by atoms with E-state index >= 15 is 0 Å². The number of aromatic nitrogens is 1. The Bertz CT molecular complexity index is 617. The maximum absolute atomic E-state index is 11.7. The highest BCUT2D eigenvalue weighted by Gasteiger charge is 2.13. The number of H-pyrrole nitrogens is 1. The first-order valence-corrected chi connectivity index (χ1v) is 7.31. The Labute approximate surface area is 142 Å². The Morgan fingerprint density at radius 3 is 2.86 bits per heavy atom. The molecule has 4 nitrogen and oxygen atoms in total. The third-order valence-electron chi connectivity index (χ3n) is 2.71. The van der Waals surface area contributed by atoms with Crippen molar-refractivity contribution < 1.29 is 9.53 Å². The van der Waals surface area contributed by atoms with Crippen LogP contribution in [0, 0.1) is 0 Å². The minimum atomic E-state index is -0.366. The van der Waals surface area contributed by atoms with Gasteiger partial charge in [-0.15, -0.1) is 12.4 Å². The van der Waals surface area contributed by atoms with Gasteiger partial charge in [-0.2, -0.15) is 0 Å². The summed E-state index contributed by atoms with van der Waals surface area (Å²) in [5.41, 5.74) is 2.19. The minimum absolute atomic E-state index is 0. The number of esters is 1. The summed E-state index contributed by atoms with van der Waals surface area (Å²) in [6.07, 6.45) is 1.70. The number of rotatable bonds is 5. The summed E-state index contributed by atoms with van der Waals surface area (Å²) >= 11 is 9.36. The second kappa shape index (κ2) is 8.32. The van der Waals surface area contributed by atoms with Crippen LogP contribution < -0.4 is 5.32 Å². The Balaban J connectivity index is 0.00000220. The fraction of sp³-hybridized carbons (Fsp3) is 0.214. The molecule has 2 aromatic rings. The van der Waals surface area contributed by atoms with Crippen LogP contribution in [0.5, 0.6) is 0 Å². The van der Waals surface area contributed by atoms with Crippen molar-refractivity contribution in [1.82, 2.24) is 4.98 Å². The smallest absolute Gasteiger partial charge is 0.356 e. The lowest BCUT2D eigenvalue weighted by molar-refractivity contribution is 0.0521. The molecule has 0 aliphatic rings.